The van der Waals surface area contributed by atoms with Gasteiger partial charge >= 0.3 is 0 Å². The van der Waals surface area contributed by atoms with Crippen LogP contribution in [0.15, 0.2) is 40.3 Å². The second kappa shape index (κ2) is 9.61. The third kappa shape index (κ3) is 4.94. The lowest BCUT2D eigenvalue weighted by Crippen LogP contribution is -2.08. The van der Waals surface area contributed by atoms with E-state index in [2.05, 4.69) is 28.2 Å². The van der Waals surface area contributed by atoms with Crippen molar-refractivity contribution in [1.29, 1.82) is 0 Å². The molecule has 1 N–H and O–H groups in total. The molecule has 0 bridgehead atoms. The Balaban J connectivity index is 1.50. The van der Waals surface area contributed by atoms with E-state index in [0.717, 1.165) is 67.1 Å². The summed E-state index contributed by atoms with van der Waals surface area (Å²) in [6, 6.07) is 9.55. The van der Waals surface area contributed by atoms with E-state index in [1.807, 2.05) is 50.5 Å². The maximum absolute atomic E-state index is 12.6. The molecule has 0 amide bonds. The molecule has 0 unspecified atom stereocenters. The van der Waals surface area contributed by atoms with Crippen LogP contribution in [-0.4, -0.2) is 19.7 Å². The first-order chi connectivity index (χ1) is 15.8. The van der Waals surface area contributed by atoms with Gasteiger partial charge in [0.1, 0.15) is 12.4 Å². The van der Waals surface area contributed by atoms with Gasteiger partial charge in [0.25, 0.3) is 0 Å². The minimum atomic E-state index is 0.0331. The molecular formula is C25H27ClN4O2S. The van der Waals surface area contributed by atoms with Gasteiger partial charge in [-0.15, -0.1) is 10.2 Å². The molecule has 6 nitrogen and oxygen atoms in total. The summed E-state index contributed by atoms with van der Waals surface area (Å²) in [6.07, 6.45) is 0. The Morgan fingerprint density at radius 2 is 1.76 bits per heavy atom. The van der Waals surface area contributed by atoms with Gasteiger partial charge in [-0.1, -0.05) is 29.4 Å². The van der Waals surface area contributed by atoms with Crippen molar-refractivity contribution in [3.05, 3.63) is 79.3 Å². The first kappa shape index (κ1) is 23.4. The van der Waals surface area contributed by atoms with E-state index in [4.69, 9.17) is 16.3 Å². The quantitative estimate of drug-likeness (QED) is 0.332. The SMILES string of the molecule is CCn1c(COc2cc(C)c(Cl)c(C)c2)nnc1SCc1cc(=O)c2cc(C)cc(C)c2[nH]1. The topological polar surface area (TPSA) is 72.8 Å². The predicted molar refractivity (Wildman–Crippen MR) is 135 cm³/mol. The molecule has 0 aliphatic rings. The number of halogens is 1. The minimum absolute atomic E-state index is 0.0331. The molecule has 0 aliphatic heterocycles. The van der Waals surface area contributed by atoms with E-state index in [9.17, 15) is 4.79 Å². The molecule has 4 rings (SSSR count). The molecule has 0 aliphatic carbocycles. The molecular weight excluding hydrogens is 456 g/mol. The monoisotopic (exact) mass is 482 g/mol. The van der Waals surface area contributed by atoms with E-state index in [0.29, 0.717) is 12.4 Å². The molecule has 4 aromatic rings. The summed E-state index contributed by atoms with van der Waals surface area (Å²) in [6.45, 7) is 11.0. The number of fused-ring (bicyclic) bond motifs is 1. The highest BCUT2D eigenvalue weighted by atomic mass is 35.5. The highest BCUT2D eigenvalue weighted by molar-refractivity contribution is 7.98. The maximum Gasteiger partial charge on any atom is 0.191 e. The number of nitrogens with one attached hydrogen (secondary N) is 1. The third-order valence-corrected chi connectivity index (χ3v) is 7.19. The Labute approximate surface area is 202 Å². The number of ether oxygens (including phenoxy) is 1. The predicted octanol–water partition coefficient (Wildman–Crippen LogP) is 5.90. The number of H-pyrrole nitrogens is 1. The molecule has 0 saturated heterocycles. The first-order valence-corrected chi connectivity index (χ1v) is 12.2. The van der Waals surface area contributed by atoms with Gasteiger partial charge in [-0.2, -0.15) is 0 Å². The largest absolute Gasteiger partial charge is 0.486 e. The van der Waals surface area contributed by atoms with Crippen LogP contribution in [0.25, 0.3) is 10.9 Å². The maximum atomic E-state index is 12.6. The number of hydrogen-bond acceptors (Lipinski definition) is 5. The summed E-state index contributed by atoms with van der Waals surface area (Å²) in [5, 5.41) is 11.0. The molecule has 2 aromatic carbocycles. The van der Waals surface area contributed by atoms with Crippen LogP contribution in [0.3, 0.4) is 0 Å². The molecule has 2 heterocycles. The Morgan fingerprint density at radius 1 is 1.03 bits per heavy atom. The fourth-order valence-electron chi connectivity index (χ4n) is 3.97. The van der Waals surface area contributed by atoms with Crippen LogP contribution in [0.4, 0.5) is 0 Å². The number of thioether (sulfide) groups is 1. The Hall–Kier alpha value is -2.77. The van der Waals surface area contributed by atoms with Crippen LogP contribution in [0.5, 0.6) is 5.75 Å². The van der Waals surface area contributed by atoms with Crippen molar-refractivity contribution in [3.63, 3.8) is 0 Å². The number of nitrogens with zero attached hydrogens (tertiary/aromatic N) is 3. The molecule has 0 spiro atoms. The number of rotatable bonds is 7. The second-order valence-electron chi connectivity index (χ2n) is 8.25. The van der Waals surface area contributed by atoms with Gasteiger partial charge in [0, 0.05) is 34.5 Å². The number of hydrogen-bond donors (Lipinski definition) is 1. The Kier molecular flexibility index (Phi) is 6.81. The third-order valence-electron chi connectivity index (χ3n) is 5.58. The van der Waals surface area contributed by atoms with Crippen LogP contribution in [0.2, 0.25) is 5.02 Å². The average Bonchev–Trinajstić information content (AvgIpc) is 3.17. The van der Waals surface area contributed by atoms with Gasteiger partial charge in [-0.05, 0) is 75.1 Å². The fraction of sp³-hybridized carbons (Fsp3) is 0.320. The van der Waals surface area contributed by atoms with Crippen molar-refractivity contribution >= 4 is 34.3 Å². The standard InChI is InChI=1S/C25H27ClN4O2S/c1-6-30-22(12-32-19-9-15(3)23(26)16(4)10-19)28-29-25(30)33-13-18-11-21(31)20-8-14(2)7-17(5)24(20)27-18/h7-11H,6,12-13H2,1-5H3,(H,27,31). The number of aromatic nitrogens is 4. The molecule has 0 saturated carbocycles. The van der Waals surface area contributed by atoms with Gasteiger partial charge < -0.3 is 14.3 Å². The summed E-state index contributed by atoms with van der Waals surface area (Å²) in [5.74, 6) is 2.10. The van der Waals surface area contributed by atoms with Crippen LogP contribution in [0.1, 0.15) is 40.7 Å². The lowest BCUT2D eigenvalue weighted by atomic mass is 10.1. The van der Waals surface area contributed by atoms with E-state index in [1.165, 1.54) is 0 Å². The molecule has 0 fully saturated rings. The van der Waals surface area contributed by atoms with Crippen molar-refractivity contribution < 1.29 is 4.74 Å². The highest BCUT2D eigenvalue weighted by Gasteiger charge is 2.14. The minimum Gasteiger partial charge on any atom is -0.486 e. The van der Waals surface area contributed by atoms with Crippen LogP contribution in [0, 0.1) is 27.7 Å². The molecule has 33 heavy (non-hydrogen) atoms. The second-order valence-corrected chi connectivity index (χ2v) is 9.58. The molecule has 2 aromatic heterocycles. The van der Waals surface area contributed by atoms with Gasteiger partial charge in [-0.25, -0.2) is 0 Å². The molecule has 172 valence electrons. The number of aryl methyl sites for hydroxylation is 4. The lowest BCUT2D eigenvalue weighted by Gasteiger charge is -2.11. The van der Waals surface area contributed by atoms with Crippen molar-refractivity contribution in [1.82, 2.24) is 19.7 Å². The molecule has 8 heteroatoms. The number of benzene rings is 2. The van der Waals surface area contributed by atoms with Gasteiger partial charge in [0.15, 0.2) is 16.4 Å². The summed E-state index contributed by atoms with van der Waals surface area (Å²) in [7, 11) is 0. The van der Waals surface area contributed by atoms with Crippen LogP contribution in [-0.2, 0) is 18.9 Å². The van der Waals surface area contributed by atoms with Crippen molar-refractivity contribution in [2.75, 3.05) is 0 Å². The van der Waals surface area contributed by atoms with Crippen molar-refractivity contribution in [2.24, 2.45) is 0 Å². The zero-order valence-corrected chi connectivity index (χ0v) is 21.0. The van der Waals surface area contributed by atoms with Crippen LogP contribution < -0.4 is 10.2 Å². The summed E-state index contributed by atoms with van der Waals surface area (Å²) in [5.41, 5.74) is 5.90. The van der Waals surface area contributed by atoms with Crippen molar-refractivity contribution in [3.8, 4) is 5.75 Å². The van der Waals surface area contributed by atoms with Crippen molar-refractivity contribution in [2.45, 2.75) is 58.7 Å². The molecule has 0 atom stereocenters. The number of aromatic amines is 1. The average molecular weight is 483 g/mol. The van der Waals surface area contributed by atoms with Crippen LogP contribution >= 0.6 is 23.4 Å². The summed E-state index contributed by atoms with van der Waals surface area (Å²) in [4.78, 5) is 16.1. The smallest absolute Gasteiger partial charge is 0.191 e. The number of pyridine rings is 1. The van der Waals surface area contributed by atoms with Gasteiger partial charge in [0.2, 0.25) is 0 Å². The van der Waals surface area contributed by atoms with Gasteiger partial charge in [-0.3, -0.25) is 4.79 Å². The Bertz CT molecular complexity index is 1370. The normalized spacial score (nSPS) is 11.3. The van der Waals surface area contributed by atoms with Gasteiger partial charge in [0.05, 0.1) is 5.52 Å². The zero-order chi connectivity index (χ0) is 23.7. The van der Waals surface area contributed by atoms with E-state index in [-0.39, 0.29) is 5.43 Å². The first-order valence-electron chi connectivity index (χ1n) is 10.8. The van der Waals surface area contributed by atoms with E-state index < -0.39 is 0 Å². The molecule has 0 radical (unpaired) electrons. The summed E-state index contributed by atoms with van der Waals surface area (Å²) >= 11 is 7.80. The Morgan fingerprint density at radius 3 is 2.45 bits per heavy atom. The lowest BCUT2D eigenvalue weighted by molar-refractivity contribution is 0.288. The summed E-state index contributed by atoms with van der Waals surface area (Å²) < 4.78 is 8.01. The zero-order valence-electron chi connectivity index (χ0n) is 19.5. The highest BCUT2D eigenvalue weighted by Crippen LogP contribution is 2.27. The fourth-order valence-corrected chi connectivity index (χ4v) is 5.01. The van der Waals surface area contributed by atoms with E-state index in [1.54, 1.807) is 17.8 Å². The van der Waals surface area contributed by atoms with E-state index >= 15 is 0 Å².